The second-order valence-electron chi connectivity index (χ2n) is 8.47. The number of rotatable bonds is 7. The Labute approximate surface area is 205 Å². The van der Waals surface area contributed by atoms with Gasteiger partial charge < -0.3 is 14.8 Å². The molecule has 2 aliphatic heterocycles. The van der Waals surface area contributed by atoms with Gasteiger partial charge in [0.1, 0.15) is 0 Å². The van der Waals surface area contributed by atoms with Crippen LogP contribution >= 0.6 is 0 Å². The normalized spacial score (nSPS) is 17.1. The van der Waals surface area contributed by atoms with E-state index in [9.17, 15) is 4.79 Å². The third-order valence-electron chi connectivity index (χ3n) is 6.04. The van der Waals surface area contributed by atoms with E-state index >= 15 is 0 Å². The molecule has 2 aromatic carbocycles. The predicted octanol–water partition coefficient (Wildman–Crippen LogP) is 2.80. The summed E-state index contributed by atoms with van der Waals surface area (Å²) in [6.07, 6.45) is 1.78. The number of nitrogens with one attached hydrogen (secondary N) is 1. The molecule has 0 bridgehead atoms. The highest BCUT2D eigenvalue weighted by atomic mass is 16.5. The van der Waals surface area contributed by atoms with Crippen LogP contribution in [-0.4, -0.2) is 84.9 Å². The highest BCUT2D eigenvalue weighted by molar-refractivity contribution is 5.92. The fourth-order valence-corrected chi connectivity index (χ4v) is 4.23. The molecular weight excluding hydrogens is 444 g/mol. The number of amides is 1. The molecule has 0 spiro atoms. The van der Waals surface area contributed by atoms with Gasteiger partial charge in [-0.25, -0.2) is 20.0 Å². The van der Waals surface area contributed by atoms with Gasteiger partial charge in [0.05, 0.1) is 44.4 Å². The average Bonchev–Trinajstić information content (AvgIpc) is 2.91. The fourth-order valence-electron chi connectivity index (χ4n) is 4.23. The van der Waals surface area contributed by atoms with Gasteiger partial charge in [0.2, 0.25) is 11.9 Å². The number of morpholine rings is 2. The summed E-state index contributed by atoms with van der Waals surface area (Å²) in [5, 5.41) is 7.26. The van der Waals surface area contributed by atoms with Crippen molar-refractivity contribution in [3.8, 4) is 11.3 Å². The summed E-state index contributed by atoms with van der Waals surface area (Å²) < 4.78 is 10.9. The zero-order valence-corrected chi connectivity index (χ0v) is 19.7. The van der Waals surface area contributed by atoms with Crippen LogP contribution < -0.4 is 10.3 Å². The van der Waals surface area contributed by atoms with Crippen molar-refractivity contribution in [2.45, 2.75) is 0 Å². The highest BCUT2D eigenvalue weighted by Gasteiger charge is 2.23. The van der Waals surface area contributed by atoms with Gasteiger partial charge in [-0.1, -0.05) is 30.3 Å². The first-order valence-corrected chi connectivity index (χ1v) is 12.0. The van der Waals surface area contributed by atoms with Gasteiger partial charge in [-0.3, -0.25) is 9.69 Å². The van der Waals surface area contributed by atoms with Crippen LogP contribution in [0.1, 0.15) is 0 Å². The van der Waals surface area contributed by atoms with E-state index in [1.54, 1.807) is 6.20 Å². The minimum Gasteiger partial charge on any atom is -0.379 e. The number of ether oxygens (including phenoxy) is 2. The van der Waals surface area contributed by atoms with Gasteiger partial charge in [-0.05, 0) is 30.3 Å². The first-order valence-electron chi connectivity index (χ1n) is 12.0. The molecule has 0 atom stereocenters. The maximum absolute atomic E-state index is 12.4. The lowest BCUT2D eigenvalue weighted by atomic mass is 10.1. The van der Waals surface area contributed by atoms with E-state index in [-0.39, 0.29) is 5.91 Å². The Kier molecular flexibility index (Phi) is 7.59. The van der Waals surface area contributed by atoms with Crippen LogP contribution in [-0.2, 0) is 14.3 Å². The molecule has 5 rings (SSSR count). The average molecular weight is 475 g/mol. The Bertz CT molecular complexity index is 1100. The lowest BCUT2D eigenvalue weighted by molar-refractivity contribution is -0.118. The van der Waals surface area contributed by atoms with Gasteiger partial charge in [0, 0.05) is 43.6 Å². The Morgan fingerprint density at radius 2 is 1.57 bits per heavy atom. The van der Waals surface area contributed by atoms with Crippen molar-refractivity contribution in [3.05, 3.63) is 66.9 Å². The van der Waals surface area contributed by atoms with E-state index < -0.39 is 0 Å². The SMILES string of the molecule is O=C(CN1CCOCC1)Nc1ccc(-c2ccnc(N(c3ccccc3)N3CCOCC3)n2)cc1. The van der Waals surface area contributed by atoms with E-state index in [1.807, 2.05) is 48.5 Å². The largest absolute Gasteiger partial charge is 0.379 e. The van der Waals surface area contributed by atoms with Crippen LogP contribution in [0, 0.1) is 0 Å². The maximum Gasteiger partial charge on any atom is 0.245 e. The minimum absolute atomic E-state index is 0.0204. The topological polar surface area (TPSA) is 83.1 Å². The summed E-state index contributed by atoms with van der Waals surface area (Å²) in [5.74, 6) is 0.589. The molecule has 182 valence electrons. The van der Waals surface area contributed by atoms with Gasteiger partial charge in [-0.2, -0.15) is 0 Å². The summed E-state index contributed by atoms with van der Waals surface area (Å²) >= 11 is 0. The summed E-state index contributed by atoms with van der Waals surface area (Å²) in [4.78, 5) is 24.0. The molecule has 9 heteroatoms. The number of benzene rings is 2. The molecule has 1 amide bonds. The number of hydrogen-bond acceptors (Lipinski definition) is 8. The zero-order valence-electron chi connectivity index (χ0n) is 19.7. The summed E-state index contributed by atoms with van der Waals surface area (Å²) in [7, 11) is 0. The number of para-hydroxylation sites is 1. The third kappa shape index (κ3) is 6.01. The molecule has 0 unspecified atom stereocenters. The standard InChI is InChI=1S/C26H30N6O3/c33-25(20-30-12-16-34-17-13-30)28-22-8-6-21(7-9-22)24-10-11-27-26(29-24)32(23-4-2-1-3-5-23)31-14-18-35-19-15-31/h1-11H,12-20H2,(H,28,33). The molecule has 3 heterocycles. The summed E-state index contributed by atoms with van der Waals surface area (Å²) in [6.45, 7) is 6.16. The van der Waals surface area contributed by atoms with Crippen LogP contribution in [0.2, 0.25) is 0 Å². The molecule has 9 nitrogen and oxygen atoms in total. The zero-order chi connectivity index (χ0) is 23.9. The van der Waals surface area contributed by atoms with E-state index in [2.05, 4.69) is 37.4 Å². The molecule has 2 saturated heterocycles. The summed E-state index contributed by atoms with van der Waals surface area (Å²) in [5.41, 5.74) is 3.54. The van der Waals surface area contributed by atoms with Crippen LogP contribution in [0.5, 0.6) is 0 Å². The number of hydrazine groups is 1. The van der Waals surface area contributed by atoms with Crippen molar-refractivity contribution < 1.29 is 14.3 Å². The molecule has 3 aromatic rings. The Balaban J connectivity index is 1.31. The van der Waals surface area contributed by atoms with Crippen LogP contribution in [0.15, 0.2) is 66.9 Å². The van der Waals surface area contributed by atoms with Crippen molar-refractivity contribution in [3.63, 3.8) is 0 Å². The number of hydrogen-bond donors (Lipinski definition) is 1. The number of nitrogens with zero attached hydrogens (tertiary/aromatic N) is 5. The lowest BCUT2D eigenvalue weighted by Gasteiger charge is -2.37. The second kappa shape index (κ2) is 11.4. The smallest absolute Gasteiger partial charge is 0.245 e. The lowest BCUT2D eigenvalue weighted by Crippen LogP contribution is -2.47. The molecule has 0 saturated carbocycles. The van der Waals surface area contributed by atoms with Gasteiger partial charge in [-0.15, -0.1) is 0 Å². The molecule has 2 aliphatic rings. The van der Waals surface area contributed by atoms with E-state index in [4.69, 9.17) is 14.5 Å². The molecule has 0 radical (unpaired) electrons. The quantitative estimate of drug-likeness (QED) is 0.560. The van der Waals surface area contributed by atoms with Crippen molar-refractivity contribution in [2.24, 2.45) is 0 Å². The summed E-state index contributed by atoms with van der Waals surface area (Å²) in [6, 6.07) is 19.8. The van der Waals surface area contributed by atoms with E-state index in [0.717, 1.165) is 48.8 Å². The molecule has 2 fully saturated rings. The molecule has 35 heavy (non-hydrogen) atoms. The van der Waals surface area contributed by atoms with Crippen LogP contribution in [0.4, 0.5) is 17.3 Å². The van der Waals surface area contributed by atoms with Crippen molar-refractivity contribution in [1.82, 2.24) is 19.9 Å². The predicted molar refractivity (Wildman–Crippen MR) is 134 cm³/mol. The van der Waals surface area contributed by atoms with Crippen LogP contribution in [0.3, 0.4) is 0 Å². The number of anilines is 3. The molecular formula is C26H30N6O3. The molecule has 1 aromatic heterocycles. The van der Waals surface area contributed by atoms with Gasteiger partial charge in [0.15, 0.2) is 0 Å². The maximum atomic E-state index is 12.4. The number of aromatic nitrogens is 2. The van der Waals surface area contributed by atoms with Gasteiger partial charge >= 0.3 is 0 Å². The molecule has 1 N–H and O–H groups in total. The van der Waals surface area contributed by atoms with Crippen molar-refractivity contribution in [2.75, 3.05) is 69.5 Å². The first kappa shape index (κ1) is 23.4. The number of carbonyl (C=O) groups is 1. The van der Waals surface area contributed by atoms with E-state index in [1.165, 1.54) is 0 Å². The van der Waals surface area contributed by atoms with Crippen molar-refractivity contribution >= 4 is 23.2 Å². The monoisotopic (exact) mass is 474 g/mol. The second-order valence-corrected chi connectivity index (χ2v) is 8.47. The van der Waals surface area contributed by atoms with Gasteiger partial charge in [0.25, 0.3) is 0 Å². The van der Waals surface area contributed by atoms with Crippen molar-refractivity contribution in [1.29, 1.82) is 0 Å². The fraction of sp³-hybridized carbons (Fsp3) is 0.346. The Morgan fingerprint density at radius 3 is 2.29 bits per heavy atom. The first-order chi connectivity index (χ1) is 17.3. The Hall–Kier alpha value is -3.37. The van der Waals surface area contributed by atoms with E-state index in [0.29, 0.717) is 38.9 Å². The number of carbonyl (C=O) groups excluding carboxylic acids is 1. The third-order valence-corrected chi connectivity index (χ3v) is 6.04. The highest BCUT2D eigenvalue weighted by Crippen LogP contribution is 2.27. The van der Waals surface area contributed by atoms with Crippen LogP contribution in [0.25, 0.3) is 11.3 Å². The Morgan fingerprint density at radius 1 is 0.886 bits per heavy atom. The molecule has 0 aliphatic carbocycles. The minimum atomic E-state index is -0.0204.